The summed E-state index contributed by atoms with van der Waals surface area (Å²) in [4.78, 5) is 15.3. The van der Waals surface area contributed by atoms with Gasteiger partial charge in [-0.2, -0.15) is 0 Å². The van der Waals surface area contributed by atoms with Gasteiger partial charge in [-0.15, -0.1) is 0 Å². The van der Waals surface area contributed by atoms with Gasteiger partial charge in [0.2, 0.25) is 0 Å². The lowest BCUT2D eigenvalue weighted by Crippen LogP contribution is -2.43. The zero-order valence-corrected chi connectivity index (χ0v) is 13.2. The molecule has 2 aliphatic rings. The summed E-state index contributed by atoms with van der Waals surface area (Å²) in [5.41, 5.74) is 2.63. The fourth-order valence-corrected chi connectivity index (χ4v) is 3.49. The number of ether oxygens (including phenoxy) is 1. The topological polar surface area (TPSA) is 79.3 Å². The number of benzene rings is 1. The van der Waals surface area contributed by atoms with Crippen LogP contribution >= 0.6 is 0 Å². The van der Waals surface area contributed by atoms with Gasteiger partial charge in [0.05, 0.1) is 5.69 Å². The standard InChI is InChI=1S/C18H17N3O3/c1-21-9-12(10-5-8-19-14(10)16(21)22)11-3-2-4-13-15(11)24-18(6-7-18)17(23)20-13/h2-5,8-9,17,19-20,23H,6-7H2,1H3. The van der Waals surface area contributed by atoms with E-state index in [1.807, 2.05) is 30.5 Å². The number of hydrogen-bond donors (Lipinski definition) is 3. The maximum Gasteiger partial charge on any atom is 0.274 e. The molecule has 0 radical (unpaired) electrons. The Morgan fingerprint density at radius 3 is 2.92 bits per heavy atom. The van der Waals surface area contributed by atoms with Crippen molar-refractivity contribution >= 4 is 16.6 Å². The van der Waals surface area contributed by atoms with Crippen LogP contribution in [0.4, 0.5) is 5.69 Å². The lowest BCUT2D eigenvalue weighted by Gasteiger charge is -2.33. The van der Waals surface area contributed by atoms with Gasteiger partial charge in [-0.05, 0) is 25.0 Å². The highest BCUT2D eigenvalue weighted by molar-refractivity contribution is 5.97. The van der Waals surface area contributed by atoms with Crippen LogP contribution in [0, 0.1) is 0 Å². The van der Waals surface area contributed by atoms with Crippen LogP contribution in [-0.2, 0) is 7.05 Å². The molecule has 5 rings (SSSR count). The predicted octanol–water partition coefficient (Wildman–Crippen LogP) is 2.19. The van der Waals surface area contributed by atoms with Crippen molar-refractivity contribution in [1.82, 2.24) is 9.55 Å². The van der Waals surface area contributed by atoms with E-state index in [9.17, 15) is 9.90 Å². The largest absolute Gasteiger partial charge is 0.480 e. The number of para-hydroxylation sites is 1. The molecule has 3 aromatic rings. The van der Waals surface area contributed by atoms with Gasteiger partial charge in [-0.3, -0.25) is 4.79 Å². The Morgan fingerprint density at radius 2 is 2.12 bits per heavy atom. The number of fused-ring (bicyclic) bond motifs is 2. The molecule has 1 unspecified atom stereocenters. The second kappa shape index (κ2) is 4.42. The fraction of sp³-hybridized carbons (Fsp3) is 0.278. The van der Waals surface area contributed by atoms with E-state index in [2.05, 4.69) is 10.3 Å². The third-order valence-corrected chi connectivity index (χ3v) is 5.04. The van der Waals surface area contributed by atoms with Crippen LogP contribution in [0.1, 0.15) is 12.8 Å². The van der Waals surface area contributed by atoms with E-state index < -0.39 is 11.8 Å². The van der Waals surface area contributed by atoms with E-state index in [-0.39, 0.29) is 5.56 Å². The highest BCUT2D eigenvalue weighted by Gasteiger charge is 2.55. The number of aromatic amines is 1. The predicted molar refractivity (Wildman–Crippen MR) is 91.2 cm³/mol. The highest BCUT2D eigenvalue weighted by atomic mass is 16.5. The minimum absolute atomic E-state index is 0.0586. The zero-order valence-electron chi connectivity index (χ0n) is 13.2. The van der Waals surface area contributed by atoms with Gasteiger partial charge in [-0.25, -0.2) is 0 Å². The average molecular weight is 323 g/mol. The molecular formula is C18H17N3O3. The third-order valence-electron chi connectivity index (χ3n) is 5.04. The summed E-state index contributed by atoms with van der Waals surface area (Å²) >= 11 is 0. The van der Waals surface area contributed by atoms with E-state index in [0.29, 0.717) is 5.52 Å². The van der Waals surface area contributed by atoms with E-state index in [1.54, 1.807) is 17.8 Å². The number of nitrogens with zero attached hydrogens (tertiary/aromatic N) is 1. The third kappa shape index (κ3) is 1.71. The summed E-state index contributed by atoms with van der Waals surface area (Å²) in [6.45, 7) is 0. The van der Waals surface area contributed by atoms with Crippen molar-refractivity contribution in [3.63, 3.8) is 0 Å². The Labute approximate surface area is 137 Å². The summed E-state index contributed by atoms with van der Waals surface area (Å²) in [7, 11) is 1.74. The van der Waals surface area contributed by atoms with Crippen LogP contribution in [0.5, 0.6) is 5.75 Å². The minimum Gasteiger partial charge on any atom is -0.480 e. The molecule has 24 heavy (non-hydrogen) atoms. The molecule has 3 heterocycles. The fourth-order valence-electron chi connectivity index (χ4n) is 3.49. The summed E-state index contributed by atoms with van der Waals surface area (Å²) in [5, 5.41) is 14.3. The number of anilines is 1. The van der Waals surface area contributed by atoms with E-state index in [4.69, 9.17) is 4.74 Å². The SMILES string of the molecule is Cn1cc(-c2cccc3c2OC2(CC2)C(O)N3)c2cc[nH]c2c1=O. The highest BCUT2D eigenvalue weighted by Crippen LogP contribution is 2.52. The van der Waals surface area contributed by atoms with Crippen molar-refractivity contribution in [1.29, 1.82) is 0 Å². The van der Waals surface area contributed by atoms with E-state index in [0.717, 1.165) is 40.8 Å². The molecule has 0 bridgehead atoms. The molecule has 122 valence electrons. The molecule has 6 nitrogen and oxygen atoms in total. The number of aryl methyl sites for hydroxylation is 1. The van der Waals surface area contributed by atoms with Gasteiger partial charge in [-0.1, -0.05) is 12.1 Å². The van der Waals surface area contributed by atoms with Crippen molar-refractivity contribution in [3.05, 3.63) is 47.0 Å². The number of aliphatic hydroxyl groups excluding tert-OH is 1. The molecule has 0 amide bonds. The summed E-state index contributed by atoms with van der Waals surface area (Å²) in [6.07, 6.45) is 4.59. The first-order valence-electron chi connectivity index (χ1n) is 8.03. The monoisotopic (exact) mass is 323 g/mol. The molecule has 2 aromatic heterocycles. The number of H-pyrrole nitrogens is 1. The summed E-state index contributed by atoms with van der Waals surface area (Å²) < 4.78 is 7.79. The maximum atomic E-state index is 12.3. The van der Waals surface area contributed by atoms with Gasteiger partial charge in [0.1, 0.15) is 5.52 Å². The Kier molecular flexibility index (Phi) is 2.52. The molecule has 3 N–H and O–H groups in total. The zero-order chi connectivity index (χ0) is 16.5. The van der Waals surface area contributed by atoms with E-state index >= 15 is 0 Å². The quantitative estimate of drug-likeness (QED) is 0.641. The first-order valence-corrected chi connectivity index (χ1v) is 8.03. The van der Waals surface area contributed by atoms with Gasteiger partial charge >= 0.3 is 0 Å². The van der Waals surface area contributed by atoms with E-state index in [1.165, 1.54) is 0 Å². The lowest BCUT2D eigenvalue weighted by molar-refractivity contribution is 0.0265. The Bertz CT molecular complexity index is 1030. The van der Waals surface area contributed by atoms with Crippen LogP contribution in [-0.4, -0.2) is 26.5 Å². The van der Waals surface area contributed by atoms with Gasteiger partial charge in [0.15, 0.2) is 17.6 Å². The van der Waals surface area contributed by atoms with Crippen molar-refractivity contribution < 1.29 is 9.84 Å². The second-order valence-electron chi connectivity index (χ2n) is 6.62. The molecule has 1 aromatic carbocycles. The van der Waals surface area contributed by atoms with Crippen molar-refractivity contribution in [2.24, 2.45) is 7.05 Å². The molecule has 6 heteroatoms. The smallest absolute Gasteiger partial charge is 0.274 e. The van der Waals surface area contributed by atoms with Gasteiger partial charge < -0.3 is 24.7 Å². The molecule has 0 saturated heterocycles. The number of pyridine rings is 1. The lowest BCUT2D eigenvalue weighted by atomic mass is 10.0. The Balaban J connectivity index is 1.78. The van der Waals surface area contributed by atoms with Crippen LogP contribution < -0.4 is 15.6 Å². The Hall–Kier alpha value is -2.73. The Morgan fingerprint density at radius 1 is 1.29 bits per heavy atom. The van der Waals surface area contributed by atoms with Gasteiger partial charge in [0, 0.05) is 36.0 Å². The molecule has 1 atom stereocenters. The summed E-state index contributed by atoms with van der Waals surface area (Å²) in [6, 6.07) is 7.71. The molecule has 1 aliphatic heterocycles. The number of hydrogen-bond acceptors (Lipinski definition) is 4. The second-order valence-corrected chi connectivity index (χ2v) is 6.62. The maximum absolute atomic E-state index is 12.3. The van der Waals surface area contributed by atoms with Crippen molar-refractivity contribution in [2.45, 2.75) is 24.7 Å². The normalized spacial score (nSPS) is 20.5. The molecular weight excluding hydrogens is 306 g/mol. The number of rotatable bonds is 1. The number of nitrogens with one attached hydrogen (secondary N) is 2. The van der Waals surface area contributed by atoms with Crippen LogP contribution in [0.25, 0.3) is 22.0 Å². The number of aromatic nitrogens is 2. The molecule has 1 aliphatic carbocycles. The average Bonchev–Trinajstić information content (AvgIpc) is 3.17. The number of aliphatic hydroxyl groups is 1. The molecule has 1 fully saturated rings. The van der Waals surface area contributed by atoms with Crippen LogP contribution in [0.3, 0.4) is 0 Å². The molecule has 1 saturated carbocycles. The minimum atomic E-state index is -0.687. The van der Waals surface area contributed by atoms with Crippen molar-refractivity contribution in [3.8, 4) is 16.9 Å². The van der Waals surface area contributed by atoms with Crippen molar-refractivity contribution in [2.75, 3.05) is 5.32 Å². The van der Waals surface area contributed by atoms with Crippen LogP contribution in [0.2, 0.25) is 0 Å². The van der Waals surface area contributed by atoms with Crippen LogP contribution in [0.15, 0.2) is 41.5 Å². The first kappa shape index (κ1) is 13.7. The summed E-state index contributed by atoms with van der Waals surface area (Å²) in [5.74, 6) is 0.737. The van der Waals surface area contributed by atoms with Gasteiger partial charge in [0.25, 0.3) is 5.56 Å². The molecule has 1 spiro atoms. The first-order chi connectivity index (χ1) is 11.6.